The van der Waals surface area contributed by atoms with Gasteiger partial charge in [0, 0.05) is 31.7 Å². The van der Waals surface area contributed by atoms with Crippen molar-refractivity contribution in [1.29, 1.82) is 0 Å². The smallest absolute Gasteiger partial charge is 0.259 e. The number of benzene rings is 2. The third kappa shape index (κ3) is 4.09. The zero-order valence-electron chi connectivity index (χ0n) is 19.1. The van der Waals surface area contributed by atoms with E-state index in [0.29, 0.717) is 42.9 Å². The number of nitrogens with zero attached hydrogens (tertiary/aromatic N) is 5. The molecule has 2 aromatic carbocycles. The molecule has 1 atom stereocenters. The van der Waals surface area contributed by atoms with Gasteiger partial charge in [-0.25, -0.2) is 14.3 Å². The first kappa shape index (κ1) is 22.6. The second-order valence-electron chi connectivity index (χ2n) is 8.83. The van der Waals surface area contributed by atoms with Crippen molar-refractivity contribution in [1.82, 2.24) is 9.80 Å². The summed E-state index contributed by atoms with van der Waals surface area (Å²) in [6.45, 7) is 6.14. The number of rotatable bonds is 4. The number of hydrogen-bond donors (Lipinski definition) is 0. The SMILES string of the molecule is CC(C)[C@@H]1N=C2c3ccccc3N=C(SCC(=O)N3CCN(c4ccccc4F)CC3)N2C1=O. The van der Waals surface area contributed by atoms with Crippen LogP contribution < -0.4 is 4.90 Å². The summed E-state index contributed by atoms with van der Waals surface area (Å²) < 4.78 is 14.1. The molecule has 34 heavy (non-hydrogen) atoms. The highest BCUT2D eigenvalue weighted by Gasteiger charge is 2.42. The van der Waals surface area contributed by atoms with Gasteiger partial charge in [0.25, 0.3) is 5.91 Å². The summed E-state index contributed by atoms with van der Waals surface area (Å²) in [5.74, 6) is 0.478. The van der Waals surface area contributed by atoms with E-state index in [1.54, 1.807) is 21.9 Å². The molecule has 0 saturated carbocycles. The largest absolute Gasteiger partial charge is 0.366 e. The van der Waals surface area contributed by atoms with Crippen LogP contribution in [0.25, 0.3) is 0 Å². The molecular formula is C25H26FN5O2S. The highest BCUT2D eigenvalue weighted by molar-refractivity contribution is 8.14. The second kappa shape index (κ2) is 9.21. The lowest BCUT2D eigenvalue weighted by Crippen LogP contribution is -2.50. The molecule has 2 aromatic rings. The first-order chi connectivity index (χ1) is 16.4. The first-order valence-corrected chi connectivity index (χ1v) is 12.4. The number of para-hydroxylation sites is 2. The number of piperazine rings is 1. The van der Waals surface area contributed by atoms with Gasteiger partial charge in [-0.1, -0.05) is 49.9 Å². The van der Waals surface area contributed by atoms with Gasteiger partial charge in [0.2, 0.25) is 5.91 Å². The van der Waals surface area contributed by atoms with E-state index >= 15 is 0 Å². The fourth-order valence-corrected chi connectivity index (χ4v) is 5.33. The molecule has 9 heteroatoms. The average Bonchev–Trinajstić information content (AvgIpc) is 3.21. The molecule has 0 aromatic heterocycles. The molecule has 0 N–H and O–H groups in total. The van der Waals surface area contributed by atoms with Crippen LogP contribution in [0.2, 0.25) is 0 Å². The molecule has 3 aliphatic rings. The Hall–Kier alpha value is -3.20. The molecule has 0 bridgehead atoms. The Morgan fingerprint density at radius 3 is 2.53 bits per heavy atom. The van der Waals surface area contributed by atoms with E-state index in [2.05, 4.69) is 0 Å². The summed E-state index contributed by atoms with van der Waals surface area (Å²) in [7, 11) is 0. The van der Waals surface area contributed by atoms with Gasteiger partial charge in [0.05, 0.1) is 17.1 Å². The maximum atomic E-state index is 14.1. The number of fused-ring (bicyclic) bond motifs is 3. The molecule has 176 valence electrons. The lowest BCUT2D eigenvalue weighted by atomic mass is 10.1. The number of amides is 2. The Labute approximate surface area is 202 Å². The van der Waals surface area contributed by atoms with Crippen molar-refractivity contribution < 1.29 is 14.0 Å². The highest BCUT2D eigenvalue weighted by Crippen LogP contribution is 2.34. The van der Waals surface area contributed by atoms with Crippen LogP contribution in [0.5, 0.6) is 0 Å². The van der Waals surface area contributed by atoms with Crippen molar-refractivity contribution in [3.8, 4) is 0 Å². The number of hydrogen-bond acceptors (Lipinski definition) is 6. The monoisotopic (exact) mass is 479 g/mol. The van der Waals surface area contributed by atoms with Crippen molar-refractivity contribution in [2.45, 2.75) is 19.9 Å². The predicted molar refractivity (Wildman–Crippen MR) is 133 cm³/mol. The Kier molecular flexibility index (Phi) is 6.12. The molecule has 5 rings (SSSR count). The second-order valence-corrected chi connectivity index (χ2v) is 9.78. The quantitative estimate of drug-likeness (QED) is 0.673. The van der Waals surface area contributed by atoms with E-state index in [1.165, 1.54) is 17.8 Å². The minimum Gasteiger partial charge on any atom is -0.366 e. The molecule has 2 amide bonds. The maximum absolute atomic E-state index is 14.1. The Bertz CT molecular complexity index is 1190. The van der Waals surface area contributed by atoms with Crippen LogP contribution in [0.3, 0.4) is 0 Å². The molecule has 0 unspecified atom stereocenters. The number of carbonyl (C=O) groups is 2. The minimum absolute atomic E-state index is 0.0229. The van der Waals surface area contributed by atoms with Gasteiger partial charge < -0.3 is 9.80 Å². The van der Waals surface area contributed by atoms with E-state index in [9.17, 15) is 14.0 Å². The van der Waals surface area contributed by atoms with Crippen molar-refractivity contribution in [2.24, 2.45) is 15.9 Å². The number of amidine groups is 2. The van der Waals surface area contributed by atoms with Gasteiger partial charge in [-0.05, 0) is 30.2 Å². The summed E-state index contributed by atoms with van der Waals surface area (Å²) in [4.78, 5) is 40.8. The van der Waals surface area contributed by atoms with E-state index < -0.39 is 6.04 Å². The number of carbonyl (C=O) groups excluding carboxylic acids is 2. The first-order valence-electron chi connectivity index (χ1n) is 11.4. The number of halogens is 1. The van der Waals surface area contributed by atoms with Crippen molar-refractivity contribution in [2.75, 3.05) is 36.8 Å². The molecule has 0 radical (unpaired) electrons. The van der Waals surface area contributed by atoms with Crippen LogP contribution >= 0.6 is 11.8 Å². The van der Waals surface area contributed by atoms with Crippen molar-refractivity contribution in [3.63, 3.8) is 0 Å². The number of anilines is 1. The summed E-state index contributed by atoms with van der Waals surface area (Å²) in [6, 6.07) is 13.9. The molecular weight excluding hydrogens is 453 g/mol. The zero-order chi connectivity index (χ0) is 23.8. The van der Waals surface area contributed by atoms with Crippen LogP contribution in [-0.2, 0) is 9.59 Å². The van der Waals surface area contributed by atoms with Gasteiger partial charge in [0.1, 0.15) is 17.7 Å². The molecule has 3 aliphatic heterocycles. The number of aliphatic imine (C=N–C) groups is 2. The lowest BCUT2D eigenvalue weighted by Gasteiger charge is -2.36. The molecule has 3 heterocycles. The summed E-state index contributed by atoms with van der Waals surface area (Å²) in [5.41, 5.74) is 2.15. The number of thioether (sulfide) groups is 1. The third-order valence-corrected chi connectivity index (χ3v) is 7.20. The average molecular weight is 480 g/mol. The highest BCUT2D eigenvalue weighted by atomic mass is 32.2. The van der Waals surface area contributed by atoms with Crippen molar-refractivity contribution in [3.05, 3.63) is 59.9 Å². The van der Waals surface area contributed by atoms with Gasteiger partial charge in [0.15, 0.2) is 5.17 Å². The summed E-state index contributed by atoms with van der Waals surface area (Å²) in [5, 5.41) is 0.490. The Balaban J connectivity index is 1.27. The third-order valence-electron chi connectivity index (χ3n) is 6.28. The van der Waals surface area contributed by atoms with E-state index in [0.717, 1.165) is 11.3 Å². The van der Waals surface area contributed by atoms with Gasteiger partial charge in [-0.3, -0.25) is 14.6 Å². The van der Waals surface area contributed by atoms with Crippen LogP contribution in [0.4, 0.5) is 15.8 Å². The summed E-state index contributed by atoms with van der Waals surface area (Å²) in [6.07, 6.45) is 0. The van der Waals surface area contributed by atoms with Crippen LogP contribution in [0.1, 0.15) is 19.4 Å². The molecule has 1 fully saturated rings. The van der Waals surface area contributed by atoms with E-state index in [1.807, 2.05) is 49.1 Å². The summed E-state index contributed by atoms with van der Waals surface area (Å²) >= 11 is 1.27. The van der Waals surface area contributed by atoms with Crippen LogP contribution in [-0.4, -0.2) is 70.6 Å². The topological polar surface area (TPSA) is 68.6 Å². The van der Waals surface area contributed by atoms with Crippen molar-refractivity contribution >= 4 is 46.0 Å². The van der Waals surface area contributed by atoms with Crippen LogP contribution in [0.15, 0.2) is 58.5 Å². The fourth-order valence-electron chi connectivity index (χ4n) is 4.42. The fraction of sp³-hybridized carbons (Fsp3) is 0.360. The van der Waals surface area contributed by atoms with Gasteiger partial charge in [-0.15, -0.1) is 0 Å². The van der Waals surface area contributed by atoms with Gasteiger partial charge in [-0.2, -0.15) is 0 Å². The van der Waals surface area contributed by atoms with E-state index in [4.69, 9.17) is 9.98 Å². The normalized spacial score (nSPS) is 19.7. The Morgan fingerprint density at radius 1 is 1.09 bits per heavy atom. The molecule has 0 spiro atoms. The van der Waals surface area contributed by atoms with Gasteiger partial charge >= 0.3 is 0 Å². The minimum atomic E-state index is -0.450. The van der Waals surface area contributed by atoms with E-state index in [-0.39, 0.29) is 29.3 Å². The zero-order valence-corrected chi connectivity index (χ0v) is 20.0. The standard InChI is InChI=1S/C25H26FN5O2S/c1-16(2)22-24(33)31-23(28-22)17-7-3-5-9-19(17)27-25(31)34-15-21(32)30-13-11-29(12-14-30)20-10-6-4-8-18(20)26/h3-10,16,22H,11-15H2,1-2H3/t22-/m0/s1. The lowest BCUT2D eigenvalue weighted by molar-refractivity contribution is -0.128. The molecule has 7 nitrogen and oxygen atoms in total. The predicted octanol–water partition coefficient (Wildman–Crippen LogP) is 3.52. The molecule has 1 saturated heterocycles. The molecule has 0 aliphatic carbocycles. The van der Waals surface area contributed by atoms with Crippen LogP contribution in [0, 0.1) is 11.7 Å². The Morgan fingerprint density at radius 2 is 1.79 bits per heavy atom. The maximum Gasteiger partial charge on any atom is 0.259 e.